The van der Waals surface area contributed by atoms with E-state index < -0.39 is 27.9 Å². The molecule has 3 N–H and O–H groups in total. The summed E-state index contributed by atoms with van der Waals surface area (Å²) < 4.78 is 25.5. The summed E-state index contributed by atoms with van der Waals surface area (Å²) in [6.07, 6.45) is -0.0145. The van der Waals surface area contributed by atoms with Gasteiger partial charge in [-0.15, -0.1) is 0 Å². The molecule has 0 saturated heterocycles. The van der Waals surface area contributed by atoms with Crippen LogP contribution in [0.15, 0.2) is 29.2 Å². The highest BCUT2D eigenvalue weighted by Gasteiger charge is 2.23. The molecule has 1 unspecified atom stereocenters. The summed E-state index contributed by atoms with van der Waals surface area (Å²) in [6, 6.07) is 5.18. The molecule has 0 aliphatic rings. The molecule has 0 aliphatic heterocycles. The number of sulfonamides is 1. The Morgan fingerprint density at radius 2 is 1.86 bits per heavy atom. The Bertz CT molecular complexity index is 646. The number of primary amides is 1. The zero-order chi connectivity index (χ0) is 16.9. The third-order valence-electron chi connectivity index (χ3n) is 2.80. The first-order chi connectivity index (χ1) is 10.1. The normalized spacial score (nSPS) is 12.9. The fraction of sp³-hybridized carbons (Fsp3) is 0.385. The number of nitrogens with one attached hydrogen (secondary N) is 1. The Balaban J connectivity index is 2.71. The number of halogens is 1. The number of amides is 2. The molecule has 0 radical (unpaired) electrons. The van der Waals surface area contributed by atoms with Gasteiger partial charge >= 0.3 is 0 Å². The van der Waals surface area contributed by atoms with E-state index in [4.69, 9.17) is 17.3 Å². The van der Waals surface area contributed by atoms with Crippen LogP contribution in [-0.4, -0.2) is 44.2 Å². The van der Waals surface area contributed by atoms with E-state index in [1.165, 1.54) is 31.3 Å². The number of nitrogens with zero attached hydrogens (tertiary/aromatic N) is 1. The molecular weight excluding hydrogens is 330 g/mol. The Morgan fingerprint density at radius 1 is 1.32 bits per heavy atom. The van der Waals surface area contributed by atoms with E-state index in [1.54, 1.807) is 6.92 Å². The summed E-state index contributed by atoms with van der Waals surface area (Å²) in [7, 11) is -2.49. The molecule has 1 atom stereocenters. The lowest BCUT2D eigenvalue weighted by atomic mass is 10.2. The Hall–Kier alpha value is -1.64. The average Bonchev–Trinajstić information content (AvgIpc) is 2.37. The molecule has 1 rings (SSSR count). The van der Waals surface area contributed by atoms with Crippen molar-refractivity contribution in [1.82, 2.24) is 9.62 Å². The molecule has 22 heavy (non-hydrogen) atoms. The largest absolute Gasteiger partial charge is 0.370 e. The predicted molar refractivity (Wildman–Crippen MR) is 82.7 cm³/mol. The fourth-order valence-corrected chi connectivity index (χ4v) is 3.00. The summed E-state index contributed by atoms with van der Waals surface area (Å²) in [6.45, 7) is 1.24. The second kappa shape index (κ2) is 7.57. The second-order valence-electron chi connectivity index (χ2n) is 4.85. The molecule has 2 amide bonds. The summed E-state index contributed by atoms with van der Waals surface area (Å²) in [5.74, 6) is -1.07. The maximum Gasteiger partial charge on any atom is 0.243 e. The number of carbonyl (C=O) groups excluding carboxylic acids is 2. The molecule has 9 heteroatoms. The van der Waals surface area contributed by atoms with E-state index in [9.17, 15) is 18.0 Å². The van der Waals surface area contributed by atoms with Crippen LogP contribution >= 0.6 is 11.6 Å². The number of hydrogen-bond acceptors (Lipinski definition) is 4. The van der Waals surface area contributed by atoms with Crippen LogP contribution in [0.1, 0.15) is 13.3 Å². The predicted octanol–water partition coefficient (Wildman–Crippen LogP) is 0.341. The highest BCUT2D eigenvalue weighted by molar-refractivity contribution is 7.89. The molecular formula is C13H18ClN3O4S. The minimum absolute atomic E-state index is 0.0145. The van der Waals surface area contributed by atoms with Crippen molar-refractivity contribution in [2.45, 2.75) is 24.3 Å². The zero-order valence-electron chi connectivity index (χ0n) is 12.2. The number of nitrogens with two attached hydrogens (primary N) is 1. The van der Waals surface area contributed by atoms with Gasteiger partial charge in [-0.3, -0.25) is 9.59 Å². The van der Waals surface area contributed by atoms with Crippen molar-refractivity contribution < 1.29 is 18.0 Å². The maximum atomic E-state index is 12.3. The van der Waals surface area contributed by atoms with Gasteiger partial charge in [0.25, 0.3) is 0 Å². The highest BCUT2D eigenvalue weighted by atomic mass is 35.5. The van der Waals surface area contributed by atoms with Crippen molar-refractivity contribution in [1.29, 1.82) is 0 Å². The molecule has 1 aromatic rings. The number of rotatable bonds is 7. The number of likely N-dealkylation sites (N-methyl/N-ethyl adjacent to an activating group) is 1. The molecule has 0 aliphatic carbocycles. The van der Waals surface area contributed by atoms with Crippen molar-refractivity contribution in [2.75, 3.05) is 13.6 Å². The van der Waals surface area contributed by atoms with Crippen LogP contribution in [-0.2, 0) is 19.6 Å². The highest BCUT2D eigenvalue weighted by Crippen LogP contribution is 2.17. The molecule has 0 heterocycles. The molecule has 0 saturated carbocycles. The van der Waals surface area contributed by atoms with Gasteiger partial charge in [0.15, 0.2) is 0 Å². The quantitative estimate of drug-likeness (QED) is 0.741. The number of carbonyl (C=O) groups is 2. The first-order valence-electron chi connectivity index (χ1n) is 6.42. The lowest BCUT2D eigenvalue weighted by Crippen LogP contribution is -2.42. The van der Waals surface area contributed by atoms with E-state index in [0.29, 0.717) is 5.02 Å². The van der Waals surface area contributed by atoms with Crippen molar-refractivity contribution in [2.24, 2.45) is 5.73 Å². The zero-order valence-corrected chi connectivity index (χ0v) is 13.8. The van der Waals surface area contributed by atoms with Crippen LogP contribution in [0.25, 0.3) is 0 Å². The van der Waals surface area contributed by atoms with Gasteiger partial charge in [0, 0.05) is 24.5 Å². The summed E-state index contributed by atoms with van der Waals surface area (Å²) in [5.41, 5.74) is 5.02. The van der Waals surface area contributed by atoms with E-state index in [0.717, 1.165) is 4.31 Å². The second-order valence-corrected chi connectivity index (χ2v) is 7.34. The van der Waals surface area contributed by atoms with E-state index in [-0.39, 0.29) is 17.9 Å². The van der Waals surface area contributed by atoms with Gasteiger partial charge in [0.2, 0.25) is 21.8 Å². The van der Waals surface area contributed by atoms with Gasteiger partial charge in [-0.05, 0) is 31.2 Å². The van der Waals surface area contributed by atoms with E-state index >= 15 is 0 Å². The third kappa shape index (κ3) is 5.28. The SMILES string of the molecule is CC(CC(N)=O)NC(=O)CN(C)S(=O)(=O)c1ccc(Cl)cc1. The van der Waals surface area contributed by atoms with Crippen molar-refractivity contribution >= 4 is 33.4 Å². The van der Waals surface area contributed by atoms with Gasteiger partial charge in [0.1, 0.15) is 0 Å². The summed E-state index contributed by atoms with van der Waals surface area (Å²) in [5, 5.41) is 2.92. The summed E-state index contributed by atoms with van der Waals surface area (Å²) in [4.78, 5) is 22.6. The minimum atomic E-state index is -3.79. The monoisotopic (exact) mass is 347 g/mol. The van der Waals surface area contributed by atoms with Gasteiger partial charge in [-0.25, -0.2) is 8.42 Å². The molecule has 0 bridgehead atoms. The number of hydrogen-bond donors (Lipinski definition) is 2. The molecule has 1 aromatic carbocycles. The molecule has 0 aromatic heterocycles. The first kappa shape index (κ1) is 18.4. The fourth-order valence-electron chi connectivity index (χ4n) is 1.75. The van der Waals surface area contributed by atoms with E-state index in [2.05, 4.69) is 5.32 Å². The lowest BCUT2D eigenvalue weighted by Gasteiger charge is -2.18. The van der Waals surface area contributed by atoms with Crippen LogP contribution in [0, 0.1) is 0 Å². The number of benzene rings is 1. The van der Waals surface area contributed by atoms with Gasteiger partial charge < -0.3 is 11.1 Å². The minimum Gasteiger partial charge on any atom is -0.370 e. The molecule has 7 nitrogen and oxygen atoms in total. The smallest absolute Gasteiger partial charge is 0.243 e. The van der Waals surface area contributed by atoms with Crippen LogP contribution in [0.5, 0.6) is 0 Å². The van der Waals surface area contributed by atoms with Crippen molar-refractivity contribution in [3.05, 3.63) is 29.3 Å². The van der Waals surface area contributed by atoms with Crippen LogP contribution < -0.4 is 11.1 Å². The Labute approximate surface area is 134 Å². The molecule has 122 valence electrons. The van der Waals surface area contributed by atoms with Crippen molar-refractivity contribution in [3.8, 4) is 0 Å². The first-order valence-corrected chi connectivity index (χ1v) is 8.24. The topological polar surface area (TPSA) is 110 Å². The molecule has 0 fully saturated rings. The van der Waals surface area contributed by atoms with Crippen LogP contribution in [0.2, 0.25) is 5.02 Å². The van der Waals surface area contributed by atoms with E-state index in [1.807, 2.05) is 0 Å². The van der Waals surface area contributed by atoms with Crippen LogP contribution in [0.4, 0.5) is 0 Å². The Kier molecular flexibility index (Phi) is 6.34. The summed E-state index contributed by atoms with van der Waals surface area (Å²) >= 11 is 5.71. The standard InChI is InChI=1S/C13H18ClN3O4S/c1-9(7-12(15)18)16-13(19)8-17(2)22(20,21)11-5-3-10(14)4-6-11/h3-6,9H,7-8H2,1-2H3,(H2,15,18)(H,16,19). The lowest BCUT2D eigenvalue weighted by molar-refractivity contribution is -0.122. The van der Waals surface area contributed by atoms with Gasteiger partial charge in [0.05, 0.1) is 11.4 Å². The van der Waals surface area contributed by atoms with Gasteiger partial charge in [-0.1, -0.05) is 11.6 Å². The van der Waals surface area contributed by atoms with Crippen LogP contribution in [0.3, 0.4) is 0 Å². The maximum absolute atomic E-state index is 12.3. The van der Waals surface area contributed by atoms with Crippen molar-refractivity contribution in [3.63, 3.8) is 0 Å². The third-order valence-corrected chi connectivity index (χ3v) is 4.87. The average molecular weight is 348 g/mol. The molecule has 0 spiro atoms. The van der Waals surface area contributed by atoms with Gasteiger partial charge in [-0.2, -0.15) is 4.31 Å². The Morgan fingerprint density at radius 3 is 2.36 bits per heavy atom.